The van der Waals surface area contributed by atoms with Crippen LogP contribution in [0, 0.1) is 0 Å². The summed E-state index contributed by atoms with van der Waals surface area (Å²) in [7, 11) is -4.74. The highest BCUT2D eigenvalue weighted by atomic mass is 31.2. The summed E-state index contributed by atoms with van der Waals surface area (Å²) in [5, 5.41) is 0. The van der Waals surface area contributed by atoms with E-state index in [4.69, 9.17) is 19.3 Å². The summed E-state index contributed by atoms with van der Waals surface area (Å²) in [6, 6.07) is 0. The molecule has 0 fully saturated rings. The van der Waals surface area contributed by atoms with E-state index in [1.807, 2.05) is 0 Å². The van der Waals surface area contributed by atoms with Crippen LogP contribution in [0.1, 0.15) is 194 Å². The van der Waals surface area contributed by atoms with Crippen molar-refractivity contribution in [1.82, 2.24) is 0 Å². The zero-order chi connectivity index (χ0) is 34.0. The minimum Gasteiger partial charge on any atom is -0.462 e. The third-order valence-electron chi connectivity index (χ3n) is 8.28. The number of unbranched alkanes of at least 4 members (excludes halogenated alkanes) is 23. The van der Waals surface area contributed by atoms with E-state index >= 15 is 0 Å². The molecule has 1 atom stereocenters. The average Bonchev–Trinajstić information content (AvgIpc) is 3.02. The van der Waals surface area contributed by atoms with Gasteiger partial charge >= 0.3 is 19.8 Å². The SMILES string of the molecule is CCCCCC/C=C/CCCCCCCCCC(=O)OC[C@H](COP(=O)(O)O)OC(=O)CCCCCCCCCCCCCCC. The predicted octanol–water partition coefficient (Wildman–Crippen LogP) is 11.1. The third-order valence-corrected chi connectivity index (χ3v) is 8.77. The van der Waals surface area contributed by atoms with Gasteiger partial charge in [-0.2, -0.15) is 0 Å². The van der Waals surface area contributed by atoms with Crippen molar-refractivity contribution in [2.75, 3.05) is 13.2 Å². The van der Waals surface area contributed by atoms with E-state index in [0.29, 0.717) is 6.42 Å². The standard InChI is InChI=1S/C37H71O8P/c1-3-5-7-9-11-13-15-17-18-20-21-23-25-27-29-31-36(38)43-33-35(34-44-46(40,41)42)45-37(39)32-30-28-26-24-22-19-16-14-12-10-8-6-4-2/h13,15,35H,3-12,14,16-34H2,1-2H3,(H2,40,41,42)/b15-13+/t35-/m1/s1. The lowest BCUT2D eigenvalue weighted by Crippen LogP contribution is -2.29. The van der Waals surface area contributed by atoms with Gasteiger partial charge < -0.3 is 19.3 Å². The predicted molar refractivity (Wildman–Crippen MR) is 189 cm³/mol. The first kappa shape index (κ1) is 44.8. The van der Waals surface area contributed by atoms with Crippen LogP contribution in [-0.4, -0.2) is 41.0 Å². The Labute approximate surface area is 282 Å². The molecule has 272 valence electrons. The molecule has 0 aromatic heterocycles. The first-order valence-electron chi connectivity index (χ1n) is 19.0. The second kappa shape index (κ2) is 33.7. The van der Waals surface area contributed by atoms with Gasteiger partial charge in [-0.3, -0.25) is 14.1 Å². The van der Waals surface area contributed by atoms with E-state index in [1.165, 1.54) is 109 Å². The van der Waals surface area contributed by atoms with Gasteiger partial charge in [0.25, 0.3) is 0 Å². The van der Waals surface area contributed by atoms with Gasteiger partial charge in [0.15, 0.2) is 6.10 Å². The van der Waals surface area contributed by atoms with Crippen LogP contribution in [0.15, 0.2) is 12.2 Å². The molecule has 0 amide bonds. The van der Waals surface area contributed by atoms with Crippen molar-refractivity contribution in [2.45, 2.75) is 200 Å². The van der Waals surface area contributed by atoms with E-state index in [0.717, 1.165) is 51.4 Å². The topological polar surface area (TPSA) is 119 Å². The maximum absolute atomic E-state index is 12.3. The molecule has 9 heteroatoms. The number of rotatable bonds is 35. The summed E-state index contributed by atoms with van der Waals surface area (Å²) < 4.78 is 26.3. The fraction of sp³-hybridized carbons (Fsp3) is 0.892. The van der Waals surface area contributed by atoms with E-state index < -0.39 is 32.5 Å². The van der Waals surface area contributed by atoms with Gasteiger partial charge in [-0.25, -0.2) is 4.57 Å². The fourth-order valence-corrected chi connectivity index (χ4v) is 5.79. The Morgan fingerprint density at radius 3 is 1.35 bits per heavy atom. The van der Waals surface area contributed by atoms with E-state index in [1.54, 1.807) is 0 Å². The summed E-state index contributed by atoms with van der Waals surface area (Å²) in [4.78, 5) is 42.7. The molecular weight excluding hydrogens is 603 g/mol. The summed E-state index contributed by atoms with van der Waals surface area (Å²) in [5.74, 6) is -0.882. The molecular formula is C37H71O8P. The molecule has 0 saturated heterocycles. The van der Waals surface area contributed by atoms with Crippen LogP contribution in [0.3, 0.4) is 0 Å². The number of ether oxygens (including phenoxy) is 2. The number of phosphoric acid groups is 1. The zero-order valence-corrected chi connectivity index (χ0v) is 30.6. The van der Waals surface area contributed by atoms with Crippen molar-refractivity contribution in [3.8, 4) is 0 Å². The Bertz CT molecular complexity index is 766. The van der Waals surface area contributed by atoms with E-state index in [2.05, 4.69) is 30.5 Å². The molecule has 0 unspecified atom stereocenters. The monoisotopic (exact) mass is 674 g/mol. The molecule has 8 nitrogen and oxygen atoms in total. The number of phosphoric ester groups is 1. The Balaban J connectivity index is 3.94. The molecule has 0 aromatic carbocycles. The van der Waals surface area contributed by atoms with Crippen LogP contribution in [0.25, 0.3) is 0 Å². The van der Waals surface area contributed by atoms with Gasteiger partial charge in [0.05, 0.1) is 6.61 Å². The molecule has 0 aliphatic carbocycles. The first-order chi connectivity index (χ1) is 22.3. The lowest BCUT2D eigenvalue weighted by molar-refractivity contribution is -0.161. The fourth-order valence-electron chi connectivity index (χ4n) is 5.43. The molecule has 0 bridgehead atoms. The molecule has 0 radical (unpaired) electrons. The van der Waals surface area contributed by atoms with E-state index in [9.17, 15) is 14.2 Å². The van der Waals surface area contributed by atoms with Crippen molar-refractivity contribution in [3.05, 3.63) is 12.2 Å². The highest BCUT2D eigenvalue weighted by Crippen LogP contribution is 2.36. The van der Waals surface area contributed by atoms with E-state index in [-0.39, 0.29) is 19.4 Å². The maximum atomic E-state index is 12.3. The Morgan fingerprint density at radius 2 is 0.913 bits per heavy atom. The van der Waals surface area contributed by atoms with Crippen molar-refractivity contribution < 1.29 is 37.9 Å². The molecule has 0 heterocycles. The van der Waals surface area contributed by atoms with Crippen LogP contribution < -0.4 is 0 Å². The van der Waals surface area contributed by atoms with Crippen LogP contribution in [0.4, 0.5) is 0 Å². The van der Waals surface area contributed by atoms with Crippen molar-refractivity contribution >= 4 is 19.8 Å². The Morgan fingerprint density at radius 1 is 0.543 bits per heavy atom. The molecule has 0 aliphatic rings. The Hall–Kier alpha value is -1.21. The van der Waals surface area contributed by atoms with Crippen molar-refractivity contribution in [3.63, 3.8) is 0 Å². The molecule has 0 aromatic rings. The quantitative estimate of drug-likeness (QED) is 0.0295. The number of allylic oxidation sites excluding steroid dienone is 2. The normalized spacial score (nSPS) is 12.5. The van der Waals surface area contributed by atoms with Crippen LogP contribution in [0.2, 0.25) is 0 Å². The molecule has 0 spiro atoms. The average molecular weight is 675 g/mol. The largest absolute Gasteiger partial charge is 0.469 e. The summed E-state index contributed by atoms with van der Waals surface area (Å²) in [6.45, 7) is 3.67. The number of carbonyl (C=O) groups is 2. The summed E-state index contributed by atoms with van der Waals surface area (Å²) in [6.07, 6.45) is 35.0. The first-order valence-corrected chi connectivity index (χ1v) is 20.5. The van der Waals surface area contributed by atoms with Gasteiger partial charge in [0.2, 0.25) is 0 Å². The second-order valence-electron chi connectivity index (χ2n) is 12.9. The maximum Gasteiger partial charge on any atom is 0.469 e. The zero-order valence-electron chi connectivity index (χ0n) is 29.7. The molecule has 2 N–H and O–H groups in total. The van der Waals surface area contributed by atoms with Gasteiger partial charge in [-0.1, -0.05) is 154 Å². The van der Waals surface area contributed by atoms with Crippen molar-refractivity contribution in [1.29, 1.82) is 0 Å². The Kier molecular flexibility index (Phi) is 32.8. The summed E-state index contributed by atoms with van der Waals surface area (Å²) in [5.41, 5.74) is 0. The summed E-state index contributed by atoms with van der Waals surface area (Å²) >= 11 is 0. The van der Waals surface area contributed by atoms with Crippen molar-refractivity contribution in [2.24, 2.45) is 0 Å². The van der Waals surface area contributed by atoms with Crippen LogP contribution >= 0.6 is 7.82 Å². The molecule has 46 heavy (non-hydrogen) atoms. The minimum absolute atomic E-state index is 0.216. The van der Waals surface area contributed by atoms with Gasteiger partial charge in [0.1, 0.15) is 6.61 Å². The minimum atomic E-state index is -4.74. The van der Waals surface area contributed by atoms with Gasteiger partial charge in [-0.15, -0.1) is 0 Å². The highest BCUT2D eigenvalue weighted by Gasteiger charge is 2.22. The van der Waals surface area contributed by atoms with Gasteiger partial charge in [0, 0.05) is 12.8 Å². The number of carbonyl (C=O) groups excluding carboxylic acids is 2. The van der Waals surface area contributed by atoms with Crippen LogP contribution in [-0.2, 0) is 28.2 Å². The lowest BCUT2D eigenvalue weighted by Gasteiger charge is -2.18. The number of hydrogen-bond acceptors (Lipinski definition) is 6. The lowest BCUT2D eigenvalue weighted by atomic mass is 10.0. The number of esters is 2. The molecule has 0 rings (SSSR count). The highest BCUT2D eigenvalue weighted by molar-refractivity contribution is 7.46. The third kappa shape index (κ3) is 35.6. The molecule has 0 saturated carbocycles. The van der Waals surface area contributed by atoms with Gasteiger partial charge in [-0.05, 0) is 38.5 Å². The van der Waals surface area contributed by atoms with Crippen LogP contribution in [0.5, 0.6) is 0 Å². The second-order valence-corrected chi connectivity index (χ2v) is 14.1. The molecule has 0 aliphatic heterocycles. The smallest absolute Gasteiger partial charge is 0.462 e. The number of hydrogen-bond donors (Lipinski definition) is 2.